The van der Waals surface area contributed by atoms with Crippen LogP contribution in [0.15, 0.2) is 35.3 Å². The Morgan fingerprint density at radius 2 is 2.04 bits per heavy atom. The zero-order valence-electron chi connectivity index (χ0n) is 13.5. The molecule has 1 aliphatic carbocycles. The van der Waals surface area contributed by atoms with Gasteiger partial charge in [-0.1, -0.05) is 0 Å². The molecule has 2 unspecified atom stereocenters. The topological polar surface area (TPSA) is 130 Å². The number of non-ortho nitro benzene ring substituents is 1. The van der Waals surface area contributed by atoms with E-state index in [2.05, 4.69) is 4.98 Å². The Hall–Kier alpha value is -3.30. The molecule has 26 heavy (non-hydrogen) atoms. The van der Waals surface area contributed by atoms with Crippen LogP contribution in [0.3, 0.4) is 0 Å². The van der Waals surface area contributed by atoms with Crippen molar-refractivity contribution in [1.29, 1.82) is 0 Å². The van der Waals surface area contributed by atoms with E-state index in [0.29, 0.717) is 19.3 Å². The third kappa shape index (κ3) is 3.53. The number of carbonyl (C=O) groups excluding carboxylic acids is 1. The first-order chi connectivity index (χ1) is 12.3. The minimum absolute atomic E-state index is 0.125. The second kappa shape index (κ2) is 6.90. The van der Waals surface area contributed by atoms with Gasteiger partial charge in [0.2, 0.25) is 0 Å². The number of nitrogens with two attached hydrogens (primary N) is 1. The molecule has 3 rings (SSSR count). The number of esters is 1. The maximum absolute atomic E-state index is 13.6. The van der Waals surface area contributed by atoms with Gasteiger partial charge in [0.05, 0.1) is 10.5 Å². The minimum atomic E-state index is -0.782. The molecule has 136 valence electrons. The Bertz CT molecular complexity index is 912. The summed E-state index contributed by atoms with van der Waals surface area (Å²) in [6.07, 6.45) is 1.92. The van der Waals surface area contributed by atoms with Crippen molar-refractivity contribution in [3.8, 4) is 0 Å². The predicted molar refractivity (Wildman–Crippen MR) is 88.1 cm³/mol. The van der Waals surface area contributed by atoms with E-state index in [9.17, 15) is 24.1 Å². The third-order valence-electron chi connectivity index (χ3n) is 4.27. The van der Waals surface area contributed by atoms with Gasteiger partial charge in [-0.25, -0.2) is 14.0 Å². The van der Waals surface area contributed by atoms with E-state index in [0.717, 1.165) is 10.8 Å². The van der Waals surface area contributed by atoms with Crippen molar-refractivity contribution in [2.75, 3.05) is 5.73 Å². The molecule has 9 nitrogen and oxygen atoms in total. The first kappa shape index (κ1) is 17.5. The van der Waals surface area contributed by atoms with Crippen molar-refractivity contribution < 1.29 is 18.8 Å². The van der Waals surface area contributed by atoms with E-state index in [4.69, 9.17) is 10.5 Å². The van der Waals surface area contributed by atoms with Gasteiger partial charge in [0.1, 0.15) is 6.10 Å². The molecule has 0 spiro atoms. The summed E-state index contributed by atoms with van der Waals surface area (Å²) < 4.78 is 20.1. The SMILES string of the molecule is Nc1nc(=O)n(C2CCC(OC(=O)c3ccc([N+](=O)[O-])cc3)C2)cc1F. The Labute approximate surface area is 146 Å². The van der Waals surface area contributed by atoms with E-state index in [1.54, 1.807) is 0 Å². The quantitative estimate of drug-likeness (QED) is 0.499. The summed E-state index contributed by atoms with van der Waals surface area (Å²) in [5.41, 5.74) is 4.67. The van der Waals surface area contributed by atoms with Crippen LogP contribution in [-0.2, 0) is 4.74 Å². The Morgan fingerprint density at radius 3 is 2.69 bits per heavy atom. The number of aromatic nitrogens is 2. The van der Waals surface area contributed by atoms with Crippen LogP contribution in [0.4, 0.5) is 15.9 Å². The standard InChI is InChI=1S/C16H15FN4O5/c17-13-8-20(16(23)19-14(13)18)11-5-6-12(7-11)26-15(22)9-1-3-10(4-2-9)21(24)25/h1-4,8,11-12H,5-7H2,(H2,18,19,23). The van der Waals surface area contributed by atoms with Crippen molar-refractivity contribution >= 4 is 17.5 Å². The van der Waals surface area contributed by atoms with Gasteiger partial charge in [0.25, 0.3) is 5.69 Å². The van der Waals surface area contributed by atoms with Crippen molar-refractivity contribution in [1.82, 2.24) is 9.55 Å². The number of anilines is 1. The number of benzene rings is 1. The van der Waals surface area contributed by atoms with Crippen LogP contribution in [0, 0.1) is 15.9 Å². The van der Waals surface area contributed by atoms with Gasteiger partial charge in [-0.2, -0.15) is 4.98 Å². The summed E-state index contributed by atoms with van der Waals surface area (Å²) in [5, 5.41) is 10.6. The maximum atomic E-state index is 13.6. The highest BCUT2D eigenvalue weighted by molar-refractivity contribution is 5.89. The Kier molecular flexibility index (Phi) is 4.65. The van der Waals surface area contributed by atoms with Gasteiger partial charge in [-0.15, -0.1) is 0 Å². The molecule has 1 heterocycles. The van der Waals surface area contributed by atoms with Crippen molar-refractivity contribution in [2.24, 2.45) is 0 Å². The van der Waals surface area contributed by atoms with Crippen LogP contribution in [0.25, 0.3) is 0 Å². The first-order valence-electron chi connectivity index (χ1n) is 7.84. The van der Waals surface area contributed by atoms with Crippen LogP contribution in [0.1, 0.15) is 35.7 Å². The number of nitro groups is 1. The predicted octanol–water partition coefficient (Wildman–Crippen LogP) is 1.82. The zero-order valence-corrected chi connectivity index (χ0v) is 13.5. The molecule has 1 saturated carbocycles. The van der Waals surface area contributed by atoms with E-state index in [1.165, 1.54) is 24.3 Å². The number of halogens is 1. The molecule has 0 bridgehead atoms. The highest BCUT2D eigenvalue weighted by Crippen LogP contribution is 2.31. The van der Waals surface area contributed by atoms with E-state index >= 15 is 0 Å². The molecule has 1 aromatic heterocycles. The van der Waals surface area contributed by atoms with Crippen molar-refractivity contribution in [3.63, 3.8) is 0 Å². The van der Waals surface area contributed by atoms with Gasteiger partial charge in [0.15, 0.2) is 11.6 Å². The number of rotatable bonds is 4. The molecule has 1 aromatic carbocycles. The van der Waals surface area contributed by atoms with Crippen molar-refractivity contribution in [2.45, 2.75) is 31.4 Å². The molecule has 2 atom stereocenters. The number of ether oxygens (including phenoxy) is 1. The monoisotopic (exact) mass is 362 g/mol. The van der Waals surface area contributed by atoms with Gasteiger partial charge in [0, 0.05) is 30.8 Å². The third-order valence-corrected chi connectivity index (χ3v) is 4.27. The molecule has 2 aromatic rings. The lowest BCUT2D eigenvalue weighted by Crippen LogP contribution is -2.28. The van der Waals surface area contributed by atoms with Crippen LogP contribution < -0.4 is 11.4 Å². The maximum Gasteiger partial charge on any atom is 0.349 e. The lowest BCUT2D eigenvalue weighted by Gasteiger charge is -2.15. The first-order valence-corrected chi connectivity index (χ1v) is 7.84. The summed E-state index contributed by atoms with van der Waals surface area (Å²) in [6, 6.07) is 4.72. The fourth-order valence-corrected chi connectivity index (χ4v) is 2.94. The molecular formula is C16H15FN4O5. The van der Waals surface area contributed by atoms with Crippen LogP contribution in [-0.4, -0.2) is 26.5 Å². The second-order valence-electron chi connectivity index (χ2n) is 5.96. The van der Waals surface area contributed by atoms with Crippen LogP contribution in [0.2, 0.25) is 0 Å². The number of nitrogen functional groups attached to an aromatic ring is 1. The molecule has 0 radical (unpaired) electrons. The summed E-state index contributed by atoms with van der Waals surface area (Å²) >= 11 is 0. The number of hydrogen-bond acceptors (Lipinski definition) is 7. The number of hydrogen-bond donors (Lipinski definition) is 1. The number of nitro benzene ring substituents is 1. The van der Waals surface area contributed by atoms with E-state index in [-0.39, 0.29) is 17.3 Å². The zero-order chi connectivity index (χ0) is 18.8. The average molecular weight is 362 g/mol. The van der Waals surface area contributed by atoms with Crippen molar-refractivity contribution in [3.05, 3.63) is 62.4 Å². The molecular weight excluding hydrogens is 347 g/mol. The number of carbonyl (C=O) groups is 1. The lowest BCUT2D eigenvalue weighted by atomic mass is 10.2. The van der Waals surface area contributed by atoms with E-state index in [1.807, 2.05) is 0 Å². The lowest BCUT2D eigenvalue weighted by molar-refractivity contribution is -0.384. The van der Waals surface area contributed by atoms with Crippen LogP contribution >= 0.6 is 0 Å². The smallest absolute Gasteiger partial charge is 0.349 e. The van der Waals surface area contributed by atoms with Gasteiger partial charge in [-0.3, -0.25) is 14.7 Å². The van der Waals surface area contributed by atoms with Crippen LogP contribution in [0.5, 0.6) is 0 Å². The minimum Gasteiger partial charge on any atom is -0.459 e. The Morgan fingerprint density at radius 1 is 1.35 bits per heavy atom. The molecule has 0 aliphatic heterocycles. The Balaban J connectivity index is 1.66. The summed E-state index contributed by atoms with van der Waals surface area (Å²) in [4.78, 5) is 37.5. The highest BCUT2D eigenvalue weighted by atomic mass is 19.1. The fraction of sp³-hybridized carbons (Fsp3) is 0.312. The van der Waals surface area contributed by atoms with Gasteiger partial charge < -0.3 is 10.5 Å². The van der Waals surface area contributed by atoms with Gasteiger partial charge in [-0.05, 0) is 25.0 Å². The van der Waals surface area contributed by atoms with E-state index < -0.39 is 34.3 Å². The fourth-order valence-electron chi connectivity index (χ4n) is 2.94. The average Bonchev–Trinajstić information content (AvgIpc) is 3.06. The largest absolute Gasteiger partial charge is 0.459 e. The van der Waals surface area contributed by atoms with Gasteiger partial charge >= 0.3 is 11.7 Å². The summed E-state index contributed by atoms with van der Waals surface area (Å²) in [5.74, 6) is -1.85. The highest BCUT2D eigenvalue weighted by Gasteiger charge is 2.30. The molecule has 2 N–H and O–H groups in total. The normalized spacial score (nSPS) is 19.3. The molecule has 10 heteroatoms. The second-order valence-corrected chi connectivity index (χ2v) is 5.96. The molecule has 1 fully saturated rings. The summed E-state index contributed by atoms with van der Waals surface area (Å²) in [7, 11) is 0. The number of nitrogens with zero attached hydrogens (tertiary/aromatic N) is 3. The molecule has 0 amide bonds. The molecule has 0 saturated heterocycles. The molecule has 1 aliphatic rings. The summed E-state index contributed by atoms with van der Waals surface area (Å²) in [6.45, 7) is 0.